The predicted octanol–water partition coefficient (Wildman–Crippen LogP) is 4.18. The maximum atomic E-state index is 12.2. The first-order valence-electron chi connectivity index (χ1n) is 8.93. The van der Waals surface area contributed by atoms with Crippen LogP contribution in [0.3, 0.4) is 0 Å². The summed E-state index contributed by atoms with van der Waals surface area (Å²) in [6.45, 7) is 1.60. The molecule has 0 heterocycles. The Balaban J connectivity index is 1.58. The summed E-state index contributed by atoms with van der Waals surface area (Å²) < 4.78 is 5.64. The molecule has 3 rings (SSSR count). The highest BCUT2D eigenvalue weighted by Gasteiger charge is 2.15. The number of ether oxygens (including phenoxy) is 1. The SMILES string of the molecule is CC(Oc1ccc(-c2ccccc2)cc1)C(=O)NN=Cc1ccccc1[N+](=O)[O-]. The Bertz CT molecular complexity index is 1020. The topological polar surface area (TPSA) is 93.8 Å². The second-order valence-corrected chi connectivity index (χ2v) is 6.20. The van der Waals surface area contributed by atoms with Gasteiger partial charge in [0.2, 0.25) is 0 Å². The number of benzene rings is 3. The number of nitro benzene ring substituents is 1. The largest absolute Gasteiger partial charge is 0.481 e. The Labute approximate surface area is 167 Å². The van der Waals surface area contributed by atoms with Gasteiger partial charge in [0.05, 0.1) is 16.7 Å². The number of nitro groups is 1. The van der Waals surface area contributed by atoms with Crippen LogP contribution in [0.2, 0.25) is 0 Å². The van der Waals surface area contributed by atoms with Gasteiger partial charge in [-0.1, -0.05) is 54.6 Å². The van der Waals surface area contributed by atoms with E-state index < -0.39 is 16.9 Å². The van der Waals surface area contributed by atoms with Crippen LogP contribution < -0.4 is 10.2 Å². The van der Waals surface area contributed by atoms with Crippen molar-refractivity contribution < 1.29 is 14.5 Å². The van der Waals surface area contributed by atoms with Crippen molar-refractivity contribution in [1.82, 2.24) is 5.43 Å². The lowest BCUT2D eigenvalue weighted by molar-refractivity contribution is -0.385. The van der Waals surface area contributed by atoms with Gasteiger partial charge in [0.15, 0.2) is 6.10 Å². The van der Waals surface area contributed by atoms with Crippen LogP contribution >= 0.6 is 0 Å². The van der Waals surface area contributed by atoms with E-state index >= 15 is 0 Å². The molecule has 0 saturated carbocycles. The molecule has 3 aromatic carbocycles. The van der Waals surface area contributed by atoms with E-state index in [1.165, 1.54) is 12.3 Å². The van der Waals surface area contributed by atoms with Crippen LogP contribution in [0.5, 0.6) is 5.75 Å². The van der Waals surface area contributed by atoms with Gasteiger partial charge in [-0.05, 0) is 36.2 Å². The molecule has 0 spiro atoms. The molecule has 0 aliphatic carbocycles. The first-order valence-corrected chi connectivity index (χ1v) is 8.93. The molecule has 3 aromatic rings. The molecule has 0 aliphatic heterocycles. The Morgan fingerprint density at radius 3 is 2.31 bits per heavy atom. The third kappa shape index (κ3) is 5.26. The van der Waals surface area contributed by atoms with E-state index in [0.29, 0.717) is 11.3 Å². The van der Waals surface area contributed by atoms with E-state index in [4.69, 9.17) is 4.74 Å². The molecule has 0 radical (unpaired) electrons. The maximum absolute atomic E-state index is 12.2. The minimum Gasteiger partial charge on any atom is -0.481 e. The van der Waals surface area contributed by atoms with Crippen LogP contribution in [0.25, 0.3) is 11.1 Å². The summed E-state index contributed by atoms with van der Waals surface area (Å²) in [6, 6.07) is 23.5. The fourth-order valence-electron chi connectivity index (χ4n) is 2.63. The van der Waals surface area contributed by atoms with Crippen LogP contribution in [0.4, 0.5) is 5.69 Å². The van der Waals surface area contributed by atoms with Crippen LogP contribution in [0.15, 0.2) is 84.0 Å². The fourth-order valence-corrected chi connectivity index (χ4v) is 2.63. The number of nitrogens with zero attached hydrogens (tertiary/aromatic N) is 2. The molecule has 0 aliphatic rings. The molecule has 1 N–H and O–H groups in total. The van der Waals surface area contributed by atoms with Crippen LogP contribution in [0, 0.1) is 10.1 Å². The Hall–Kier alpha value is -4.00. The quantitative estimate of drug-likeness (QED) is 0.373. The predicted molar refractivity (Wildman–Crippen MR) is 111 cm³/mol. The highest BCUT2D eigenvalue weighted by molar-refractivity contribution is 5.87. The first kappa shape index (κ1) is 19.8. The number of nitrogens with one attached hydrogen (secondary N) is 1. The minimum absolute atomic E-state index is 0.0895. The van der Waals surface area contributed by atoms with Crippen molar-refractivity contribution in [2.75, 3.05) is 0 Å². The van der Waals surface area contributed by atoms with E-state index in [9.17, 15) is 14.9 Å². The van der Waals surface area contributed by atoms with Gasteiger partial charge in [-0.3, -0.25) is 14.9 Å². The Morgan fingerprint density at radius 1 is 1.00 bits per heavy atom. The summed E-state index contributed by atoms with van der Waals surface area (Å²) in [4.78, 5) is 22.6. The van der Waals surface area contributed by atoms with Gasteiger partial charge >= 0.3 is 0 Å². The fraction of sp³-hybridized carbons (Fsp3) is 0.0909. The number of hydrazone groups is 1. The summed E-state index contributed by atoms with van der Waals surface area (Å²) in [6.07, 6.45) is 0.442. The smallest absolute Gasteiger partial charge is 0.280 e. The van der Waals surface area contributed by atoms with Gasteiger partial charge < -0.3 is 4.74 Å². The third-order valence-electron chi connectivity index (χ3n) is 4.16. The molecule has 29 heavy (non-hydrogen) atoms. The van der Waals surface area contributed by atoms with Crippen LogP contribution in [-0.4, -0.2) is 23.1 Å². The van der Waals surface area contributed by atoms with Gasteiger partial charge in [0.1, 0.15) is 5.75 Å². The Kier molecular flexibility index (Phi) is 6.32. The van der Waals surface area contributed by atoms with Crippen molar-refractivity contribution in [2.24, 2.45) is 5.10 Å². The summed E-state index contributed by atoms with van der Waals surface area (Å²) in [5.74, 6) is 0.0852. The van der Waals surface area contributed by atoms with Gasteiger partial charge in [0, 0.05) is 6.07 Å². The second-order valence-electron chi connectivity index (χ2n) is 6.20. The summed E-state index contributed by atoms with van der Waals surface area (Å²) in [5, 5.41) is 14.8. The van der Waals surface area contributed by atoms with Crippen LogP contribution in [-0.2, 0) is 4.79 Å². The van der Waals surface area contributed by atoms with Crippen molar-refractivity contribution in [1.29, 1.82) is 0 Å². The molecule has 7 heteroatoms. The summed E-state index contributed by atoms with van der Waals surface area (Å²) in [7, 11) is 0. The Morgan fingerprint density at radius 2 is 1.62 bits per heavy atom. The number of hydrogen-bond donors (Lipinski definition) is 1. The molecule has 0 aromatic heterocycles. The number of carbonyl (C=O) groups is 1. The van der Waals surface area contributed by atoms with Crippen molar-refractivity contribution in [3.8, 4) is 16.9 Å². The lowest BCUT2D eigenvalue weighted by atomic mass is 10.1. The zero-order chi connectivity index (χ0) is 20.6. The molecule has 0 bridgehead atoms. The zero-order valence-corrected chi connectivity index (χ0v) is 15.7. The van der Waals surface area contributed by atoms with Crippen molar-refractivity contribution >= 4 is 17.8 Å². The van der Waals surface area contributed by atoms with Crippen molar-refractivity contribution in [3.63, 3.8) is 0 Å². The van der Waals surface area contributed by atoms with Gasteiger partial charge in [-0.15, -0.1) is 0 Å². The zero-order valence-electron chi connectivity index (χ0n) is 15.7. The summed E-state index contributed by atoms with van der Waals surface area (Å²) in [5.41, 5.74) is 4.68. The summed E-state index contributed by atoms with van der Waals surface area (Å²) >= 11 is 0. The molecular formula is C22H19N3O4. The molecule has 146 valence electrons. The van der Waals surface area contributed by atoms with Gasteiger partial charge in [-0.25, -0.2) is 5.43 Å². The van der Waals surface area contributed by atoms with E-state index in [1.54, 1.807) is 37.3 Å². The minimum atomic E-state index is -0.791. The molecule has 7 nitrogen and oxygen atoms in total. The average Bonchev–Trinajstić information content (AvgIpc) is 2.75. The van der Waals surface area contributed by atoms with Crippen molar-refractivity contribution in [3.05, 3.63) is 94.5 Å². The van der Waals surface area contributed by atoms with E-state index in [0.717, 1.165) is 11.1 Å². The lowest BCUT2D eigenvalue weighted by Gasteiger charge is -2.13. The van der Waals surface area contributed by atoms with E-state index in [1.807, 2.05) is 42.5 Å². The number of hydrogen-bond acceptors (Lipinski definition) is 5. The average molecular weight is 389 g/mol. The second kappa shape index (κ2) is 9.27. The number of rotatable bonds is 7. The normalized spacial score (nSPS) is 11.8. The van der Waals surface area contributed by atoms with Gasteiger partial charge in [-0.2, -0.15) is 5.10 Å². The van der Waals surface area contributed by atoms with E-state index in [-0.39, 0.29) is 5.69 Å². The van der Waals surface area contributed by atoms with Crippen molar-refractivity contribution in [2.45, 2.75) is 13.0 Å². The first-order chi connectivity index (χ1) is 14.0. The van der Waals surface area contributed by atoms with Gasteiger partial charge in [0.25, 0.3) is 11.6 Å². The number of para-hydroxylation sites is 1. The molecule has 0 saturated heterocycles. The van der Waals surface area contributed by atoms with E-state index in [2.05, 4.69) is 10.5 Å². The molecule has 1 amide bonds. The molecular weight excluding hydrogens is 370 g/mol. The monoisotopic (exact) mass is 389 g/mol. The number of carbonyl (C=O) groups excluding carboxylic acids is 1. The lowest BCUT2D eigenvalue weighted by Crippen LogP contribution is -2.33. The standard InChI is InChI=1S/C22H19N3O4/c1-16(22(26)24-23-15-19-9-5-6-10-21(19)25(27)28)29-20-13-11-18(12-14-20)17-7-3-2-4-8-17/h2-16H,1H3,(H,24,26). The molecule has 1 unspecified atom stereocenters. The molecule has 0 fully saturated rings. The molecule has 1 atom stereocenters. The van der Waals surface area contributed by atoms with Crippen LogP contribution in [0.1, 0.15) is 12.5 Å². The number of amides is 1. The maximum Gasteiger partial charge on any atom is 0.280 e. The highest BCUT2D eigenvalue weighted by Crippen LogP contribution is 2.22. The highest BCUT2D eigenvalue weighted by atomic mass is 16.6. The third-order valence-corrected chi connectivity index (χ3v) is 4.16.